The summed E-state index contributed by atoms with van der Waals surface area (Å²) in [6.45, 7) is -0.0830. The van der Waals surface area contributed by atoms with Gasteiger partial charge < -0.3 is 10.5 Å². The number of nitrogens with one attached hydrogen (secondary N) is 1. The quantitative estimate of drug-likeness (QED) is 0.737. The van der Waals surface area contributed by atoms with Crippen LogP contribution in [-0.4, -0.2) is 25.7 Å². The molecular weight excluding hydrogens is 232 g/mol. The lowest BCUT2D eigenvalue weighted by Crippen LogP contribution is -2.41. The van der Waals surface area contributed by atoms with Gasteiger partial charge in [0.2, 0.25) is 5.91 Å². The Kier molecular flexibility index (Phi) is 4.17. The highest BCUT2D eigenvalue weighted by atomic mass is 16.6. The summed E-state index contributed by atoms with van der Waals surface area (Å²) in [5.41, 5.74) is 9.10. The number of carbonyl (C=O) groups is 1. The average molecular weight is 250 g/mol. The Balaban J connectivity index is 1.76. The van der Waals surface area contributed by atoms with Crippen molar-refractivity contribution < 1.29 is 14.4 Å². The number of hydroxylamine groups is 1. The van der Waals surface area contributed by atoms with Gasteiger partial charge >= 0.3 is 0 Å². The number of primary amides is 1. The maximum absolute atomic E-state index is 10.5. The molecule has 1 saturated carbocycles. The number of carbonyl (C=O) groups excluding carboxylic acids is 1. The van der Waals surface area contributed by atoms with E-state index in [2.05, 4.69) is 17.6 Å². The summed E-state index contributed by atoms with van der Waals surface area (Å²) in [6.07, 6.45) is 1.98. The highest BCUT2D eigenvalue weighted by molar-refractivity contribution is 5.74. The Morgan fingerprint density at radius 3 is 2.94 bits per heavy atom. The number of benzene rings is 1. The van der Waals surface area contributed by atoms with E-state index in [0.717, 1.165) is 18.6 Å². The Labute approximate surface area is 106 Å². The molecule has 0 atom stereocenters. The molecule has 0 unspecified atom stereocenters. The van der Waals surface area contributed by atoms with Crippen molar-refractivity contribution in [1.29, 1.82) is 0 Å². The third kappa shape index (κ3) is 3.21. The summed E-state index contributed by atoms with van der Waals surface area (Å²) in [5, 5.41) is 0. The van der Waals surface area contributed by atoms with E-state index in [-0.39, 0.29) is 6.61 Å². The van der Waals surface area contributed by atoms with Gasteiger partial charge in [-0.05, 0) is 36.5 Å². The maximum atomic E-state index is 10.5. The molecule has 1 fully saturated rings. The molecule has 5 heteroatoms. The molecule has 0 heterocycles. The van der Waals surface area contributed by atoms with E-state index < -0.39 is 5.91 Å². The van der Waals surface area contributed by atoms with Crippen LogP contribution in [0.25, 0.3) is 0 Å². The second-order valence-corrected chi connectivity index (χ2v) is 4.51. The summed E-state index contributed by atoms with van der Waals surface area (Å²) in [6, 6.07) is 8.39. The summed E-state index contributed by atoms with van der Waals surface area (Å²) in [4.78, 5) is 15.5. The van der Waals surface area contributed by atoms with Gasteiger partial charge in [-0.3, -0.25) is 9.63 Å². The van der Waals surface area contributed by atoms with Gasteiger partial charge in [0, 0.05) is 6.04 Å². The SMILES string of the molecule is COc1cccc(C2CC(NOCC(N)=O)C2)c1. The van der Waals surface area contributed by atoms with Gasteiger partial charge in [-0.15, -0.1) is 0 Å². The summed E-state index contributed by atoms with van der Waals surface area (Å²) >= 11 is 0. The first kappa shape index (κ1) is 12.9. The van der Waals surface area contributed by atoms with Crippen LogP contribution in [0, 0.1) is 0 Å². The molecule has 0 saturated heterocycles. The summed E-state index contributed by atoms with van der Waals surface area (Å²) < 4.78 is 5.20. The Morgan fingerprint density at radius 1 is 1.50 bits per heavy atom. The molecule has 1 aromatic carbocycles. The maximum Gasteiger partial charge on any atom is 0.245 e. The van der Waals surface area contributed by atoms with E-state index >= 15 is 0 Å². The zero-order valence-corrected chi connectivity index (χ0v) is 10.4. The van der Waals surface area contributed by atoms with Crippen LogP contribution in [0.3, 0.4) is 0 Å². The van der Waals surface area contributed by atoms with Crippen LogP contribution in [0.4, 0.5) is 0 Å². The van der Waals surface area contributed by atoms with E-state index in [1.807, 2.05) is 12.1 Å². The molecule has 98 valence electrons. The molecule has 18 heavy (non-hydrogen) atoms. The number of amides is 1. The van der Waals surface area contributed by atoms with Crippen LogP contribution in [0.15, 0.2) is 24.3 Å². The fraction of sp³-hybridized carbons (Fsp3) is 0.462. The summed E-state index contributed by atoms with van der Waals surface area (Å²) in [5.74, 6) is 0.940. The second-order valence-electron chi connectivity index (χ2n) is 4.51. The number of rotatable bonds is 6. The lowest BCUT2D eigenvalue weighted by atomic mass is 9.76. The molecule has 2 rings (SSSR count). The first-order valence-electron chi connectivity index (χ1n) is 5.98. The molecule has 0 bridgehead atoms. The van der Waals surface area contributed by atoms with Crippen molar-refractivity contribution in [1.82, 2.24) is 5.48 Å². The predicted molar refractivity (Wildman–Crippen MR) is 67.0 cm³/mol. The highest BCUT2D eigenvalue weighted by Gasteiger charge is 2.30. The molecule has 0 radical (unpaired) electrons. The molecule has 3 N–H and O–H groups in total. The van der Waals surface area contributed by atoms with Gasteiger partial charge in [0.1, 0.15) is 12.4 Å². The van der Waals surface area contributed by atoms with Crippen LogP contribution < -0.4 is 16.0 Å². The van der Waals surface area contributed by atoms with Crippen LogP contribution in [0.2, 0.25) is 0 Å². The van der Waals surface area contributed by atoms with Crippen molar-refractivity contribution in [3.8, 4) is 5.75 Å². The number of methoxy groups -OCH3 is 1. The Hall–Kier alpha value is -1.59. The second kappa shape index (κ2) is 5.84. The molecule has 0 aliphatic heterocycles. The van der Waals surface area contributed by atoms with E-state index in [1.165, 1.54) is 5.56 Å². The number of ether oxygens (including phenoxy) is 1. The van der Waals surface area contributed by atoms with Gasteiger partial charge in [0.15, 0.2) is 0 Å². The van der Waals surface area contributed by atoms with Crippen molar-refractivity contribution >= 4 is 5.91 Å². The first-order chi connectivity index (χ1) is 8.69. The van der Waals surface area contributed by atoms with Gasteiger partial charge in [0.25, 0.3) is 0 Å². The normalized spacial score (nSPS) is 22.3. The van der Waals surface area contributed by atoms with Crippen molar-refractivity contribution in [3.05, 3.63) is 29.8 Å². The monoisotopic (exact) mass is 250 g/mol. The fourth-order valence-electron chi connectivity index (χ4n) is 2.11. The fourth-order valence-corrected chi connectivity index (χ4v) is 2.11. The van der Waals surface area contributed by atoms with Crippen LogP contribution in [0.5, 0.6) is 5.75 Å². The van der Waals surface area contributed by atoms with E-state index in [0.29, 0.717) is 12.0 Å². The first-order valence-corrected chi connectivity index (χ1v) is 5.98. The molecular formula is C13H18N2O3. The minimum Gasteiger partial charge on any atom is -0.497 e. The summed E-state index contributed by atoms with van der Waals surface area (Å²) in [7, 11) is 1.67. The molecule has 1 aliphatic rings. The third-order valence-corrected chi connectivity index (χ3v) is 3.17. The van der Waals surface area contributed by atoms with E-state index in [1.54, 1.807) is 7.11 Å². The lowest BCUT2D eigenvalue weighted by molar-refractivity contribution is -0.126. The van der Waals surface area contributed by atoms with Crippen molar-refractivity contribution in [2.75, 3.05) is 13.7 Å². The van der Waals surface area contributed by atoms with Crippen molar-refractivity contribution in [2.45, 2.75) is 24.8 Å². The van der Waals surface area contributed by atoms with Crippen molar-refractivity contribution in [3.63, 3.8) is 0 Å². The topological polar surface area (TPSA) is 73.6 Å². The van der Waals surface area contributed by atoms with Gasteiger partial charge in [-0.25, -0.2) is 0 Å². The molecule has 1 amide bonds. The van der Waals surface area contributed by atoms with Crippen LogP contribution >= 0.6 is 0 Å². The number of nitrogens with two attached hydrogens (primary N) is 1. The molecule has 0 aromatic heterocycles. The zero-order chi connectivity index (χ0) is 13.0. The molecule has 1 aliphatic carbocycles. The third-order valence-electron chi connectivity index (χ3n) is 3.17. The minimum absolute atomic E-state index is 0.0830. The van der Waals surface area contributed by atoms with Gasteiger partial charge in [-0.1, -0.05) is 12.1 Å². The van der Waals surface area contributed by atoms with E-state index in [4.69, 9.17) is 15.3 Å². The Bertz CT molecular complexity index is 416. The molecule has 0 spiro atoms. The van der Waals surface area contributed by atoms with Crippen molar-refractivity contribution in [2.24, 2.45) is 5.73 Å². The minimum atomic E-state index is -0.467. The van der Waals surface area contributed by atoms with E-state index in [9.17, 15) is 4.79 Å². The van der Waals surface area contributed by atoms with Gasteiger partial charge in [-0.2, -0.15) is 5.48 Å². The standard InChI is InChI=1S/C13H18N2O3/c1-17-12-4-2-3-9(7-12)10-5-11(6-10)15-18-8-13(14)16/h2-4,7,10-11,15H,5-6,8H2,1H3,(H2,14,16). The smallest absolute Gasteiger partial charge is 0.245 e. The largest absolute Gasteiger partial charge is 0.497 e. The lowest BCUT2D eigenvalue weighted by Gasteiger charge is -2.35. The highest BCUT2D eigenvalue weighted by Crippen LogP contribution is 2.37. The zero-order valence-electron chi connectivity index (χ0n) is 10.4. The van der Waals surface area contributed by atoms with Crippen LogP contribution in [0.1, 0.15) is 24.3 Å². The average Bonchev–Trinajstić information content (AvgIpc) is 2.31. The molecule has 1 aromatic rings. The van der Waals surface area contributed by atoms with Gasteiger partial charge in [0.05, 0.1) is 7.11 Å². The predicted octanol–water partition coefficient (Wildman–Crippen LogP) is 0.948. The Morgan fingerprint density at radius 2 is 2.28 bits per heavy atom. The molecule has 5 nitrogen and oxygen atoms in total. The number of hydrogen-bond donors (Lipinski definition) is 2. The number of hydrogen-bond acceptors (Lipinski definition) is 4. The van der Waals surface area contributed by atoms with Crippen LogP contribution in [-0.2, 0) is 9.63 Å².